The molecule has 0 aliphatic rings. The van der Waals surface area contributed by atoms with Crippen LogP contribution in [0.5, 0.6) is 0 Å². The number of hydrogen-bond donors (Lipinski definition) is 3. The summed E-state index contributed by atoms with van der Waals surface area (Å²) in [6, 6.07) is 17.2. The largest absolute Gasteiger partial charge is 0.395 e. The average molecular weight is 386 g/mol. The summed E-state index contributed by atoms with van der Waals surface area (Å²) in [6.45, 7) is -0.436. The minimum absolute atomic E-state index is 0.0434. The van der Waals surface area contributed by atoms with Gasteiger partial charge in [-0.1, -0.05) is 36.4 Å². The molecule has 0 atom stereocenters. The van der Waals surface area contributed by atoms with Crippen molar-refractivity contribution >= 4 is 11.8 Å². The molecule has 0 saturated heterocycles. The Labute approximate surface area is 164 Å². The molecule has 2 aromatic carbocycles. The molecule has 0 saturated carbocycles. The van der Waals surface area contributed by atoms with Gasteiger partial charge < -0.3 is 25.1 Å². The second kappa shape index (κ2) is 11.2. The number of carbonyl (C=O) groups is 2. The molecule has 150 valence electrons. The van der Waals surface area contributed by atoms with E-state index in [4.69, 9.17) is 0 Å². The normalized spacial score (nSPS) is 10.7. The van der Waals surface area contributed by atoms with Crippen molar-refractivity contribution < 1.29 is 24.9 Å². The lowest BCUT2D eigenvalue weighted by Crippen LogP contribution is -2.46. The molecular weight excluding hydrogens is 360 g/mol. The van der Waals surface area contributed by atoms with Crippen LogP contribution >= 0.6 is 0 Å². The van der Waals surface area contributed by atoms with E-state index >= 15 is 0 Å². The zero-order valence-corrected chi connectivity index (χ0v) is 15.6. The van der Waals surface area contributed by atoms with Crippen molar-refractivity contribution in [3.8, 4) is 0 Å². The van der Waals surface area contributed by atoms with E-state index < -0.39 is 6.10 Å². The summed E-state index contributed by atoms with van der Waals surface area (Å²) in [5, 5.41) is 29.0. The molecular formula is C21H26N2O5. The molecule has 3 N–H and O–H groups in total. The predicted molar refractivity (Wildman–Crippen MR) is 105 cm³/mol. The van der Waals surface area contributed by atoms with Crippen LogP contribution in [0.15, 0.2) is 60.7 Å². The average Bonchev–Trinajstić information content (AvgIpc) is 2.73. The topological polar surface area (TPSA) is 101 Å². The van der Waals surface area contributed by atoms with Gasteiger partial charge in [0.2, 0.25) is 0 Å². The zero-order valence-electron chi connectivity index (χ0n) is 15.6. The Balaban J connectivity index is 2.05. The van der Waals surface area contributed by atoms with Gasteiger partial charge in [0, 0.05) is 37.3 Å². The maximum Gasteiger partial charge on any atom is 0.254 e. The number of rotatable bonds is 10. The first-order valence-corrected chi connectivity index (χ1v) is 9.15. The van der Waals surface area contributed by atoms with Crippen LogP contribution in [-0.4, -0.2) is 82.4 Å². The molecule has 0 spiro atoms. The summed E-state index contributed by atoms with van der Waals surface area (Å²) >= 11 is 0. The van der Waals surface area contributed by atoms with E-state index in [1.54, 1.807) is 60.7 Å². The van der Waals surface area contributed by atoms with Crippen molar-refractivity contribution in [2.45, 2.75) is 6.10 Å². The summed E-state index contributed by atoms with van der Waals surface area (Å²) in [7, 11) is 0. The highest BCUT2D eigenvalue weighted by atomic mass is 16.3. The van der Waals surface area contributed by atoms with Crippen LogP contribution in [0.25, 0.3) is 0 Å². The van der Waals surface area contributed by atoms with E-state index in [1.807, 2.05) is 0 Å². The molecule has 7 heteroatoms. The Bertz CT molecular complexity index is 675. The van der Waals surface area contributed by atoms with E-state index in [9.17, 15) is 24.9 Å². The van der Waals surface area contributed by atoms with Crippen molar-refractivity contribution in [3.63, 3.8) is 0 Å². The second-order valence-electron chi connectivity index (χ2n) is 6.34. The first-order valence-electron chi connectivity index (χ1n) is 9.15. The maximum absolute atomic E-state index is 12.6. The van der Waals surface area contributed by atoms with E-state index in [0.717, 1.165) is 0 Å². The summed E-state index contributed by atoms with van der Waals surface area (Å²) in [5.74, 6) is -0.617. The molecule has 28 heavy (non-hydrogen) atoms. The number of aliphatic hydroxyl groups excluding tert-OH is 3. The molecule has 0 bridgehead atoms. The Morgan fingerprint density at radius 3 is 1.39 bits per heavy atom. The summed E-state index contributed by atoms with van der Waals surface area (Å²) in [6.07, 6.45) is -1.03. The van der Waals surface area contributed by atoms with Crippen LogP contribution in [-0.2, 0) is 0 Å². The Hall–Kier alpha value is -2.74. The summed E-state index contributed by atoms with van der Waals surface area (Å²) < 4.78 is 0. The summed E-state index contributed by atoms with van der Waals surface area (Å²) in [5.41, 5.74) is 0.909. The minimum Gasteiger partial charge on any atom is -0.395 e. The van der Waals surface area contributed by atoms with E-state index in [-0.39, 0.29) is 51.2 Å². The second-order valence-corrected chi connectivity index (χ2v) is 6.34. The first-order chi connectivity index (χ1) is 13.6. The Kier molecular flexibility index (Phi) is 8.61. The smallest absolute Gasteiger partial charge is 0.254 e. The number of hydrogen-bond acceptors (Lipinski definition) is 5. The third kappa shape index (κ3) is 6.16. The molecule has 0 aromatic heterocycles. The van der Waals surface area contributed by atoms with E-state index in [0.29, 0.717) is 11.1 Å². The molecule has 2 amide bonds. The lowest BCUT2D eigenvalue weighted by atomic mass is 10.1. The van der Waals surface area contributed by atoms with Gasteiger partial charge in [-0.25, -0.2) is 0 Å². The van der Waals surface area contributed by atoms with Gasteiger partial charge in [0.05, 0.1) is 19.3 Å². The van der Waals surface area contributed by atoms with E-state index in [2.05, 4.69) is 0 Å². The van der Waals surface area contributed by atoms with E-state index in [1.165, 1.54) is 9.80 Å². The molecule has 0 aliphatic carbocycles. The summed E-state index contributed by atoms with van der Waals surface area (Å²) in [4.78, 5) is 27.9. The van der Waals surface area contributed by atoms with Gasteiger partial charge in [0.25, 0.3) is 11.8 Å². The van der Waals surface area contributed by atoms with Gasteiger partial charge in [-0.2, -0.15) is 0 Å². The highest BCUT2D eigenvalue weighted by molar-refractivity contribution is 5.95. The fraction of sp³-hybridized carbons (Fsp3) is 0.333. The molecule has 2 rings (SSSR count). The van der Waals surface area contributed by atoms with Crippen LogP contribution in [0.1, 0.15) is 20.7 Å². The van der Waals surface area contributed by atoms with Crippen molar-refractivity contribution in [2.24, 2.45) is 0 Å². The van der Waals surface area contributed by atoms with Gasteiger partial charge in [0.15, 0.2) is 0 Å². The molecule has 7 nitrogen and oxygen atoms in total. The number of benzene rings is 2. The van der Waals surface area contributed by atoms with Crippen LogP contribution < -0.4 is 0 Å². The molecule has 0 aliphatic heterocycles. The van der Waals surface area contributed by atoms with Crippen molar-refractivity contribution in [3.05, 3.63) is 71.8 Å². The molecule has 0 unspecified atom stereocenters. The van der Waals surface area contributed by atoms with Crippen LogP contribution in [0, 0.1) is 0 Å². The number of amides is 2. The number of aliphatic hydroxyl groups is 3. The third-order valence-corrected chi connectivity index (χ3v) is 4.22. The van der Waals surface area contributed by atoms with Crippen LogP contribution in [0.4, 0.5) is 0 Å². The monoisotopic (exact) mass is 386 g/mol. The van der Waals surface area contributed by atoms with Crippen molar-refractivity contribution in [2.75, 3.05) is 39.4 Å². The fourth-order valence-electron chi connectivity index (χ4n) is 2.89. The quantitative estimate of drug-likeness (QED) is 0.556. The number of nitrogens with zero attached hydrogens (tertiary/aromatic N) is 2. The lowest BCUT2D eigenvalue weighted by molar-refractivity contribution is 0.0408. The molecule has 2 aromatic rings. The third-order valence-electron chi connectivity index (χ3n) is 4.22. The molecule has 0 fully saturated rings. The highest BCUT2D eigenvalue weighted by Crippen LogP contribution is 2.09. The van der Waals surface area contributed by atoms with Gasteiger partial charge in [-0.05, 0) is 24.3 Å². The van der Waals surface area contributed by atoms with Crippen molar-refractivity contribution in [1.29, 1.82) is 0 Å². The van der Waals surface area contributed by atoms with Crippen LogP contribution in [0.2, 0.25) is 0 Å². The fourth-order valence-corrected chi connectivity index (χ4v) is 2.89. The Morgan fingerprint density at radius 2 is 1.07 bits per heavy atom. The SMILES string of the molecule is O=C(c1ccccc1)N(CCO)CC(O)CN(CCO)C(=O)c1ccccc1. The minimum atomic E-state index is -1.03. The molecule has 0 heterocycles. The first kappa shape index (κ1) is 21.6. The van der Waals surface area contributed by atoms with Crippen molar-refractivity contribution in [1.82, 2.24) is 9.80 Å². The number of carbonyl (C=O) groups excluding carboxylic acids is 2. The van der Waals surface area contributed by atoms with Gasteiger partial charge >= 0.3 is 0 Å². The maximum atomic E-state index is 12.6. The molecule has 0 radical (unpaired) electrons. The van der Waals surface area contributed by atoms with Gasteiger partial charge in [0.1, 0.15) is 0 Å². The predicted octanol–water partition coefficient (Wildman–Crippen LogP) is 0.617. The standard InChI is InChI=1S/C21H26N2O5/c24-13-11-22(20(27)17-7-3-1-4-8-17)15-19(26)16-23(12-14-25)21(28)18-9-5-2-6-10-18/h1-10,19,24-26H,11-16H2. The lowest BCUT2D eigenvalue weighted by Gasteiger charge is -2.29. The van der Waals surface area contributed by atoms with Gasteiger partial charge in [-0.3, -0.25) is 9.59 Å². The zero-order chi connectivity index (χ0) is 20.4. The Morgan fingerprint density at radius 1 is 0.714 bits per heavy atom. The van der Waals surface area contributed by atoms with Gasteiger partial charge in [-0.15, -0.1) is 0 Å². The highest BCUT2D eigenvalue weighted by Gasteiger charge is 2.23. The van der Waals surface area contributed by atoms with Crippen LogP contribution in [0.3, 0.4) is 0 Å².